The van der Waals surface area contributed by atoms with Gasteiger partial charge in [0.2, 0.25) is 0 Å². The average Bonchev–Trinajstić information content (AvgIpc) is 2.37. The Morgan fingerprint density at radius 1 is 1.30 bits per heavy atom. The van der Waals surface area contributed by atoms with E-state index >= 15 is 0 Å². The molecule has 1 rings (SSSR count). The molecule has 0 aliphatic rings. The lowest BCUT2D eigenvalue weighted by Gasteiger charge is -2.07. The average molecular weight is 302 g/mol. The predicted octanol–water partition coefficient (Wildman–Crippen LogP) is 2.05. The number of carbonyl (C=O) groups excluding carboxylic acids is 1. The van der Waals surface area contributed by atoms with Crippen molar-refractivity contribution < 1.29 is 9.72 Å². The summed E-state index contributed by atoms with van der Waals surface area (Å²) in [4.78, 5) is 22.0. The second-order valence-electron chi connectivity index (χ2n) is 4.26. The minimum Gasteiger partial charge on any atom is -0.351 e. The Morgan fingerprint density at radius 2 is 2.00 bits per heavy atom. The van der Waals surface area contributed by atoms with Gasteiger partial charge < -0.3 is 10.6 Å². The number of benzene rings is 1. The molecule has 0 spiro atoms. The van der Waals surface area contributed by atoms with E-state index in [4.69, 9.17) is 0 Å². The summed E-state index contributed by atoms with van der Waals surface area (Å²) in [5.41, 5.74) is 0.960. The minimum absolute atomic E-state index is 0. The summed E-state index contributed by atoms with van der Waals surface area (Å²) in [6.07, 6.45) is 1.05. The third-order valence-electron chi connectivity index (χ3n) is 2.67. The summed E-state index contributed by atoms with van der Waals surface area (Å²) >= 11 is 0. The van der Waals surface area contributed by atoms with Crippen molar-refractivity contribution in [3.63, 3.8) is 0 Å². The maximum Gasteiger partial charge on any atom is 0.272 e. The molecule has 0 atom stereocenters. The number of hydrogen-bond acceptors (Lipinski definition) is 4. The molecular formula is C13H20ClN3O3. The van der Waals surface area contributed by atoms with Crippen molar-refractivity contribution >= 4 is 24.0 Å². The molecule has 0 heterocycles. The van der Waals surface area contributed by atoms with Gasteiger partial charge in [-0.1, -0.05) is 6.92 Å². The SMILES string of the molecule is CCCNCCNC(=O)c1ccc([N+](=O)[O-])c(C)c1.Cl. The molecule has 1 aromatic carbocycles. The highest BCUT2D eigenvalue weighted by molar-refractivity contribution is 5.94. The van der Waals surface area contributed by atoms with Gasteiger partial charge in [0.15, 0.2) is 0 Å². The van der Waals surface area contributed by atoms with E-state index in [1.54, 1.807) is 6.92 Å². The fraction of sp³-hybridized carbons (Fsp3) is 0.462. The molecule has 6 nitrogen and oxygen atoms in total. The highest BCUT2D eigenvalue weighted by atomic mass is 35.5. The molecule has 20 heavy (non-hydrogen) atoms. The Morgan fingerprint density at radius 3 is 2.55 bits per heavy atom. The van der Waals surface area contributed by atoms with E-state index in [2.05, 4.69) is 17.6 Å². The van der Waals surface area contributed by atoms with Crippen LogP contribution < -0.4 is 10.6 Å². The highest BCUT2D eigenvalue weighted by Crippen LogP contribution is 2.18. The summed E-state index contributed by atoms with van der Waals surface area (Å²) in [6, 6.07) is 4.37. The molecule has 1 amide bonds. The van der Waals surface area contributed by atoms with Crippen molar-refractivity contribution in [2.24, 2.45) is 0 Å². The van der Waals surface area contributed by atoms with Gasteiger partial charge in [-0.05, 0) is 32.0 Å². The molecule has 0 fully saturated rings. The fourth-order valence-corrected chi connectivity index (χ4v) is 1.67. The zero-order valence-corrected chi connectivity index (χ0v) is 12.5. The van der Waals surface area contributed by atoms with E-state index < -0.39 is 4.92 Å². The molecule has 0 aliphatic heterocycles. The first-order valence-corrected chi connectivity index (χ1v) is 6.30. The van der Waals surface area contributed by atoms with Crippen LogP contribution >= 0.6 is 12.4 Å². The van der Waals surface area contributed by atoms with E-state index in [0.717, 1.165) is 13.0 Å². The van der Waals surface area contributed by atoms with Crippen LogP contribution in [0.2, 0.25) is 0 Å². The molecule has 7 heteroatoms. The van der Waals surface area contributed by atoms with Gasteiger partial charge in [0.1, 0.15) is 0 Å². The number of hydrogen-bond donors (Lipinski definition) is 2. The molecule has 0 aliphatic carbocycles. The minimum atomic E-state index is -0.453. The molecular weight excluding hydrogens is 282 g/mol. The van der Waals surface area contributed by atoms with Crippen LogP contribution in [0.15, 0.2) is 18.2 Å². The topological polar surface area (TPSA) is 84.3 Å². The molecule has 0 radical (unpaired) electrons. The standard InChI is InChI=1S/C13H19N3O3.ClH/c1-3-6-14-7-8-15-13(17)11-4-5-12(16(18)19)10(2)9-11;/h4-5,9,14H,3,6-8H2,1-2H3,(H,15,17);1H. The number of nitro benzene ring substituents is 1. The Bertz CT molecular complexity index is 466. The maximum atomic E-state index is 11.8. The van der Waals surface area contributed by atoms with Crippen LogP contribution in [0, 0.1) is 17.0 Å². The van der Waals surface area contributed by atoms with Gasteiger partial charge in [-0.25, -0.2) is 0 Å². The first kappa shape index (κ1) is 18.3. The predicted molar refractivity (Wildman–Crippen MR) is 80.6 cm³/mol. The van der Waals surface area contributed by atoms with Crippen molar-refractivity contribution in [1.29, 1.82) is 0 Å². The number of aryl methyl sites for hydroxylation is 1. The number of rotatable bonds is 7. The lowest BCUT2D eigenvalue weighted by molar-refractivity contribution is -0.385. The summed E-state index contributed by atoms with van der Waals surface area (Å²) in [6.45, 7) is 5.87. The van der Waals surface area contributed by atoms with E-state index in [0.29, 0.717) is 24.2 Å². The van der Waals surface area contributed by atoms with Gasteiger partial charge in [-0.15, -0.1) is 12.4 Å². The highest BCUT2D eigenvalue weighted by Gasteiger charge is 2.13. The van der Waals surface area contributed by atoms with Crippen LogP contribution in [0.4, 0.5) is 5.69 Å². The fourth-order valence-electron chi connectivity index (χ4n) is 1.67. The van der Waals surface area contributed by atoms with Gasteiger partial charge in [0.05, 0.1) is 4.92 Å². The number of nitrogens with one attached hydrogen (secondary N) is 2. The quantitative estimate of drug-likeness (QED) is 0.458. The van der Waals surface area contributed by atoms with Crippen LogP contribution in [0.1, 0.15) is 29.3 Å². The summed E-state index contributed by atoms with van der Waals surface area (Å²) in [7, 11) is 0. The molecule has 0 unspecified atom stereocenters. The summed E-state index contributed by atoms with van der Waals surface area (Å²) in [5, 5.41) is 16.6. The Labute approximate surface area is 124 Å². The smallest absolute Gasteiger partial charge is 0.272 e. The zero-order chi connectivity index (χ0) is 14.3. The number of carbonyl (C=O) groups is 1. The number of halogens is 1. The lowest BCUT2D eigenvalue weighted by atomic mass is 10.1. The second-order valence-corrected chi connectivity index (χ2v) is 4.26. The Hall–Kier alpha value is -1.66. The van der Waals surface area contributed by atoms with Crippen LogP contribution in [0.25, 0.3) is 0 Å². The van der Waals surface area contributed by atoms with E-state index in [9.17, 15) is 14.9 Å². The number of nitro groups is 1. The summed E-state index contributed by atoms with van der Waals surface area (Å²) in [5.74, 6) is -0.212. The molecule has 2 N–H and O–H groups in total. The van der Waals surface area contributed by atoms with Crippen molar-refractivity contribution in [3.05, 3.63) is 39.4 Å². The van der Waals surface area contributed by atoms with Gasteiger partial charge in [-0.2, -0.15) is 0 Å². The van der Waals surface area contributed by atoms with Gasteiger partial charge >= 0.3 is 0 Å². The molecule has 112 valence electrons. The maximum absolute atomic E-state index is 11.8. The largest absolute Gasteiger partial charge is 0.351 e. The first-order valence-electron chi connectivity index (χ1n) is 6.30. The monoisotopic (exact) mass is 301 g/mol. The third-order valence-corrected chi connectivity index (χ3v) is 2.67. The molecule has 0 bridgehead atoms. The molecule has 0 saturated carbocycles. The first-order chi connectivity index (χ1) is 9.06. The van der Waals surface area contributed by atoms with Crippen LogP contribution in [-0.4, -0.2) is 30.5 Å². The van der Waals surface area contributed by atoms with E-state index in [-0.39, 0.29) is 24.0 Å². The van der Waals surface area contributed by atoms with E-state index in [1.165, 1.54) is 18.2 Å². The van der Waals surface area contributed by atoms with E-state index in [1.807, 2.05) is 0 Å². The Balaban J connectivity index is 0.00000361. The van der Waals surface area contributed by atoms with Crippen molar-refractivity contribution in [1.82, 2.24) is 10.6 Å². The number of nitrogens with zero attached hydrogens (tertiary/aromatic N) is 1. The summed E-state index contributed by atoms with van der Waals surface area (Å²) < 4.78 is 0. The third kappa shape index (κ3) is 5.54. The zero-order valence-electron chi connectivity index (χ0n) is 11.6. The van der Waals surface area contributed by atoms with Crippen LogP contribution in [-0.2, 0) is 0 Å². The van der Waals surface area contributed by atoms with Crippen LogP contribution in [0.5, 0.6) is 0 Å². The molecule has 1 aromatic rings. The van der Waals surface area contributed by atoms with Crippen molar-refractivity contribution in [2.75, 3.05) is 19.6 Å². The van der Waals surface area contributed by atoms with Gasteiger partial charge in [0, 0.05) is 30.3 Å². The van der Waals surface area contributed by atoms with Crippen molar-refractivity contribution in [3.8, 4) is 0 Å². The Kier molecular flexibility index (Phi) is 8.51. The second kappa shape index (κ2) is 9.28. The van der Waals surface area contributed by atoms with Crippen LogP contribution in [0.3, 0.4) is 0 Å². The van der Waals surface area contributed by atoms with Crippen molar-refractivity contribution in [2.45, 2.75) is 20.3 Å². The molecule has 0 saturated heterocycles. The van der Waals surface area contributed by atoms with Gasteiger partial charge in [-0.3, -0.25) is 14.9 Å². The van der Waals surface area contributed by atoms with Gasteiger partial charge in [0.25, 0.3) is 11.6 Å². The normalized spacial score (nSPS) is 9.70. The lowest BCUT2D eigenvalue weighted by Crippen LogP contribution is -2.32. The molecule has 0 aromatic heterocycles. The number of amides is 1.